The van der Waals surface area contributed by atoms with E-state index in [1.165, 1.54) is 0 Å². The maximum Gasteiger partial charge on any atom is 0.224 e. The number of aliphatic hydroxyl groups is 1. The van der Waals surface area contributed by atoms with Crippen molar-refractivity contribution in [2.75, 3.05) is 6.54 Å². The molecule has 8 heteroatoms. The molecule has 3 aromatic rings. The molecule has 0 aromatic heterocycles. The van der Waals surface area contributed by atoms with Crippen LogP contribution in [0, 0.1) is 0 Å². The lowest BCUT2D eigenvalue weighted by atomic mass is 9.88. The zero-order valence-corrected chi connectivity index (χ0v) is 25.9. The highest BCUT2D eigenvalue weighted by Gasteiger charge is 2.40. The van der Waals surface area contributed by atoms with Gasteiger partial charge in [-0.15, -0.1) is 0 Å². The lowest BCUT2D eigenvalue weighted by Crippen LogP contribution is -2.41. The minimum Gasteiger partial charge on any atom is -0.508 e. The number of carbonyl (C=O) groups excluding carboxylic acids is 1. The van der Waals surface area contributed by atoms with Crippen molar-refractivity contribution in [2.45, 2.75) is 83.3 Å². The summed E-state index contributed by atoms with van der Waals surface area (Å²) in [5, 5.41) is 36.0. The topological polar surface area (TPSA) is 122 Å². The number of phenols is 2. The second-order valence-electron chi connectivity index (χ2n) is 12.3. The summed E-state index contributed by atoms with van der Waals surface area (Å²) < 4.78 is 0. The zero-order valence-electron chi connectivity index (χ0n) is 24.9. The fourth-order valence-electron chi connectivity index (χ4n) is 4.90. The van der Waals surface area contributed by atoms with Crippen LogP contribution >= 0.6 is 0 Å². The van der Waals surface area contributed by atoms with Gasteiger partial charge in [-0.1, -0.05) is 62.4 Å². The highest BCUT2D eigenvalue weighted by Crippen LogP contribution is 2.44. The first-order valence-corrected chi connectivity index (χ1v) is 17.2. The molecule has 0 heterocycles. The van der Waals surface area contributed by atoms with Gasteiger partial charge in [0, 0.05) is 30.3 Å². The van der Waals surface area contributed by atoms with Crippen molar-refractivity contribution in [3.63, 3.8) is 0 Å². The fourth-order valence-corrected chi connectivity index (χ4v) is 5.64. The minimum atomic E-state index is -2.45. The van der Waals surface area contributed by atoms with E-state index in [-0.39, 0.29) is 54.0 Å². The molecule has 3 aromatic carbocycles. The molecule has 222 valence electrons. The quantitative estimate of drug-likeness (QED) is 0.148. The second kappa shape index (κ2) is 14.1. The first-order chi connectivity index (χ1) is 19.3. The van der Waals surface area contributed by atoms with Gasteiger partial charge in [0.1, 0.15) is 11.5 Å². The highest BCUT2D eigenvalue weighted by atomic mass is 28.4. The van der Waals surface area contributed by atoms with Crippen LogP contribution in [0.25, 0.3) is 0 Å². The number of hydrogen-bond acceptors (Lipinski definition) is 6. The Morgan fingerprint density at radius 2 is 1.61 bits per heavy atom. The van der Waals surface area contributed by atoms with Gasteiger partial charge in [-0.05, 0) is 78.7 Å². The van der Waals surface area contributed by atoms with Crippen LogP contribution < -0.4 is 10.6 Å². The number of para-hydroxylation sites is 1. The van der Waals surface area contributed by atoms with E-state index in [4.69, 9.17) is 0 Å². The van der Waals surface area contributed by atoms with Gasteiger partial charge >= 0.3 is 0 Å². The van der Waals surface area contributed by atoms with Crippen molar-refractivity contribution in [3.8, 4) is 11.5 Å². The summed E-state index contributed by atoms with van der Waals surface area (Å²) in [5.41, 5.74) is 4.26. The maximum absolute atomic E-state index is 12.5. The predicted octanol–water partition coefficient (Wildman–Crippen LogP) is 5.12. The largest absolute Gasteiger partial charge is 0.508 e. The van der Waals surface area contributed by atoms with Crippen molar-refractivity contribution in [1.29, 1.82) is 0 Å². The number of aliphatic hydroxyl groups excluding tert-OH is 1. The number of carbonyl (C=O) groups is 1. The zero-order chi connectivity index (χ0) is 30.2. The highest BCUT2D eigenvalue weighted by molar-refractivity contribution is 6.72. The van der Waals surface area contributed by atoms with E-state index in [9.17, 15) is 24.9 Å². The van der Waals surface area contributed by atoms with E-state index < -0.39 is 8.32 Å². The normalized spacial score (nSPS) is 13.5. The fraction of sp³-hybridized carbons (Fsp3) is 0.424. The van der Waals surface area contributed by atoms with E-state index >= 15 is 0 Å². The molecule has 0 aliphatic heterocycles. The van der Waals surface area contributed by atoms with Crippen molar-refractivity contribution in [1.82, 2.24) is 10.6 Å². The van der Waals surface area contributed by atoms with E-state index in [1.54, 1.807) is 24.3 Å². The maximum atomic E-state index is 12.5. The van der Waals surface area contributed by atoms with Crippen molar-refractivity contribution in [2.24, 2.45) is 0 Å². The molecule has 6 N–H and O–H groups in total. The van der Waals surface area contributed by atoms with Gasteiger partial charge in [-0.2, -0.15) is 0 Å². The molecule has 0 saturated heterocycles. The number of aromatic hydroxyl groups is 2. The first kappa shape index (κ1) is 32.3. The molecular formula is C33H46N2O5Si. The molecule has 0 bridgehead atoms. The number of phenolic OH excluding ortho intramolecular Hbond substituents is 1. The predicted molar refractivity (Wildman–Crippen MR) is 166 cm³/mol. The summed E-state index contributed by atoms with van der Waals surface area (Å²) in [6.45, 7) is 11.0. The Morgan fingerprint density at radius 1 is 0.927 bits per heavy atom. The molecule has 7 nitrogen and oxygen atoms in total. The summed E-state index contributed by atoms with van der Waals surface area (Å²) in [4.78, 5) is 23.5. The summed E-state index contributed by atoms with van der Waals surface area (Å²) >= 11 is 0. The summed E-state index contributed by atoms with van der Waals surface area (Å²) in [6, 6.07) is 20.6. The Bertz CT molecular complexity index is 1300. The number of nitrogens with one attached hydrogen (secondary N) is 2. The molecule has 3 rings (SSSR count). The Kier molecular flexibility index (Phi) is 11.2. The van der Waals surface area contributed by atoms with E-state index in [0.29, 0.717) is 17.7 Å². The van der Waals surface area contributed by atoms with Gasteiger partial charge in [0.05, 0.1) is 13.0 Å². The van der Waals surface area contributed by atoms with Crippen LogP contribution in [0.4, 0.5) is 0 Å². The lowest BCUT2D eigenvalue weighted by molar-refractivity contribution is -0.120. The SMILES string of the molecule is C[C@H](Cc1cccc(CC(=O)NCc2ccccc2O)c1)NC[C@H](CC(C)(C)[Si](C)(C)O)c1ccc(O)c(CO)c1. The summed E-state index contributed by atoms with van der Waals surface area (Å²) in [7, 11) is -2.45. The molecule has 0 fully saturated rings. The molecular weight excluding hydrogens is 532 g/mol. The van der Waals surface area contributed by atoms with Gasteiger partial charge in [-0.3, -0.25) is 4.79 Å². The van der Waals surface area contributed by atoms with Gasteiger partial charge in [-0.25, -0.2) is 0 Å². The third-order valence-corrected chi connectivity index (χ3v) is 11.8. The van der Waals surface area contributed by atoms with Crippen LogP contribution in [0.1, 0.15) is 60.9 Å². The van der Waals surface area contributed by atoms with Crippen LogP contribution in [-0.2, 0) is 30.8 Å². The number of amides is 1. The van der Waals surface area contributed by atoms with Crippen molar-refractivity contribution >= 4 is 14.2 Å². The van der Waals surface area contributed by atoms with Gasteiger partial charge in [0.25, 0.3) is 0 Å². The first-order valence-electron chi connectivity index (χ1n) is 14.3. The van der Waals surface area contributed by atoms with Gasteiger partial charge < -0.3 is 30.7 Å². The molecule has 0 radical (unpaired) electrons. The van der Waals surface area contributed by atoms with E-state index in [2.05, 4.69) is 43.5 Å². The molecule has 0 spiro atoms. The smallest absolute Gasteiger partial charge is 0.224 e. The number of rotatable bonds is 14. The van der Waals surface area contributed by atoms with Crippen molar-refractivity contribution < 1.29 is 24.9 Å². The number of hydrogen-bond donors (Lipinski definition) is 6. The van der Waals surface area contributed by atoms with Crippen LogP contribution in [0.15, 0.2) is 66.7 Å². The van der Waals surface area contributed by atoms with Crippen LogP contribution in [0.2, 0.25) is 18.1 Å². The Hall–Kier alpha value is -3.17. The van der Waals surface area contributed by atoms with Crippen LogP contribution in [0.3, 0.4) is 0 Å². The Labute approximate surface area is 245 Å². The van der Waals surface area contributed by atoms with Gasteiger partial charge in [0.2, 0.25) is 5.91 Å². The lowest BCUT2D eigenvalue weighted by Gasteiger charge is -2.38. The minimum absolute atomic E-state index is 0.0800. The average Bonchev–Trinajstić information content (AvgIpc) is 2.90. The van der Waals surface area contributed by atoms with E-state index in [0.717, 1.165) is 29.5 Å². The van der Waals surface area contributed by atoms with Crippen molar-refractivity contribution in [3.05, 3.63) is 94.5 Å². The molecule has 2 atom stereocenters. The summed E-state index contributed by atoms with van der Waals surface area (Å²) in [5.74, 6) is 0.229. The third kappa shape index (κ3) is 9.43. The molecule has 41 heavy (non-hydrogen) atoms. The Balaban J connectivity index is 1.63. The standard InChI is InChI=1S/C33H46N2O5Si/c1-23(15-24-9-8-10-25(16-24)17-32(39)35-20-27-11-6-7-12-30(27)37)34-21-29(19-33(2,3)41(4,5)40)26-13-14-31(38)28(18-26)22-36/h6-14,16,18,23,29,34,36-38,40H,15,17,19-22H2,1-5H3,(H,35,39)/t23-,29+/m1/s1. The monoisotopic (exact) mass is 578 g/mol. The van der Waals surface area contributed by atoms with Crippen LogP contribution in [-0.4, -0.2) is 46.9 Å². The molecule has 0 aliphatic rings. The average molecular weight is 579 g/mol. The summed E-state index contributed by atoms with van der Waals surface area (Å²) in [6.07, 6.45) is 1.81. The van der Waals surface area contributed by atoms with E-state index in [1.807, 2.05) is 43.4 Å². The number of benzene rings is 3. The molecule has 0 saturated carbocycles. The second-order valence-corrected chi connectivity index (χ2v) is 16.8. The third-order valence-electron chi connectivity index (χ3n) is 8.24. The molecule has 0 unspecified atom stereocenters. The molecule has 1 amide bonds. The van der Waals surface area contributed by atoms with Crippen LogP contribution in [0.5, 0.6) is 11.5 Å². The molecule has 0 aliphatic carbocycles. The Morgan fingerprint density at radius 3 is 2.29 bits per heavy atom. The van der Waals surface area contributed by atoms with Gasteiger partial charge in [0.15, 0.2) is 8.32 Å².